The third-order valence-corrected chi connectivity index (χ3v) is 6.66. The van der Waals surface area contributed by atoms with E-state index in [1.54, 1.807) is 0 Å². The summed E-state index contributed by atoms with van der Waals surface area (Å²) in [6.07, 6.45) is 1.37. The molecular formula is C24H32N4O3. The standard InChI is InChI=1S/C24H32N4O3/c1-17-13-18(2)28(26-17)19(3)14-25-22(29)20-15-27(16-20)23(30)24(9-11-31-12-10-24)21-7-5-4-6-8-21/h4-8,13,19-20H,9-12,14-16H2,1-3H3,(H,25,29). The predicted molar refractivity (Wildman–Crippen MR) is 118 cm³/mol. The fourth-order valence-electron chi connectivity index (χ4n) is 4.79. The minimum Gasteiger partial charge on any atom is -0.381 e. The van der Waals surface area contributed by atoms with Crippen molar-refractivity contribution in [1.82, 2.24) is 20.0 Å². The summed E-state index contributed by atoms with van der Waals surface area (Å²) in [7, 11) is 0. The van der Waals surface area contributed by atoms with Gasteiger partial charge in [0.15, 0.2) is 0 Å². The number of benzene rings is 1. The zero-order chi connectivity index (χ0) is 22.0. The van der Waals surface area contributed by atoms with Gasteiger partial charge in [-0.1, -0.05) is 30.3 Å². The van der Waals surface area contributed by atoms with Gasteiger partial charge in [0.05, 0.1) is 23.1 Å². The van der Waals surface area contributed by atoms with Crippen molar-refractivity contribution in [3.63, 3.8) is 0 Å². The monoisotopic (exact) mass is 424 g/mol. The molecule has 4 rings (SSSR count). The Morgan fingerprint density at radius 3 is 2.48 bits per heavy atom. The highest BCUT2D eigenvalue weighted by atomic mass is 16.5. The van der Waals surface area contributed by atoms with Crippen molar-refractivity contribution in [1.29, 1.82) is 0 Å². The van der Waals surface area contributed by atoms with Crippen molar-refractivity contribution in [2.45, 2.75) is 45.1 Å². The molecule has 7 heteroatoms. The van der Waals surface area contributed by atoms with Crippen molar-refractivity contribution in [2.75, 3.05) is 32.8 Å². The van der Waals surface area contributed by atoms with E-state index in [1.807, 2.05) is 66.8 Å². The van der Waals surface area contributed by atoms with Gasteiger partial charge in [-0.15, -0.1) is 0 Å². The van der Waals surface area contributed by atoms with Crippen LogP contribution in [0.3, 0.4) is 0 Å². The molecule has 7 nitrogen and oxygen atoms in total. The number of carbonyl (C=O) groups excluding carboxylic acids is 2. The third-order valence-electron chi connectivity index (χ3n) is 6.66. The van der Waals surface area contributed by atoms with Crippen LogP contribution in [-0.4, -0.2) is 59.3 Å². The molecule has 1 unspecified atom stereocenters. The highest BCUT2D eigenvalue weighted by Gasteiger charge is 2.48. The van der Waals surface area contributed by atoms with E-state index in [9.17, 15) is 9.59 Å². The summed E-state index contributed by atoms with van der Waals surface area (Å²) in [4.78, 5) is 28.0. The Morgan fingerprint density at radius 1 is 1.19 bits per heavy atom. The molecule has 1 aromatic heterocycles. The maximum Gasteiger partial charge on any atom is 0.233 e. The maximum atomic E-state index is 13.5. The number of carbonyl (C=O) groups is 2. The van der Waals surface area contributed by atoms with Crippen molar-refractivity contribution >= 4 is 11.8 Å². The summed E-state index contributed by atoms with van der Waals surface area (Å²) in [5.74, 6) is -0.00972. The third kappa shape index (κ3) is 4.24. The first-order valence-electron chi connectivity index (χ1n) is 11.1. The van der Waals surface area contributed by atoms with Crippen molar-refractivity contribution < 1.29 is 14.3 Å². The Balaban J connectivity index is 1.34. The Morgan fingerprint density at radius 2 is 1.87 bits per heavy atom. The topological polar surface area (TPSA) is 76.5 Å². The summed E-state index contributed by atoms with van der Waals surface area (Å²) in [6, 6.07) is 12.1. The molecule has 2 saturated heterocycles. The van der Waals surface area contributed by atoms with E-state index in [1.165, 1.54) is 0 Å². The average Bonchev–Trinajstić information content (AvgIpc) is 3.10. The van der Waals surface area contributed by atoms with E-state index < -0.39 is 5.41 Å². The lowest BCUT2D eigenvalue weighted by molar-refractivity contribution is -0.151. The van der Waals surface area contributed by atoms with Gasteiger partial charge < -0.3 is 15.0 Å². The van der Waals surface area contributed by atoms with Gasteiger partial charge in [-0.3, -0.25) is 14.3 Å². The molecule has 0 spiro atoms. The van der Waals surface area contributed by atoms with Crippen LogP contribution < -0.4 is 5.32 Å². The molecule has 0 radical (unpaired) electrons. The van der Waals surface area contributed by atoms with Crippen LogP contribution in [0.25, 0.3) is 0 Å². The second-order valence-corrected chi connectivity index (χ2v) is 8.93. The second kappa shape index (κ2) is 8.83. The van der Waals surface area contributed by atoms with E-state index in [-0.39, 0.29) is 23.8 Å². The molecule has 31 heavy (non-hydrogen) atoms. The number of likely N-dealkylation sites (tertiary alicyclic amines) is 1. The number of rotatable bonds is 6. The van der Waals surface area contributed by atoms with E-state index in [0.29, 0.717) is 45.7 Å². The van der Waals surface area contributed by atoms with Crippen LogP contribution in [0.15, 0.2) is 36.4 Å². The molecule has 2 aliphatic heterocycles. The molecule has 1 aromatic carbocycles. The number of aryl methyl sites for hydroxylation is 2. The molecule has 2 aliphatic rings. The minimum absolute atomic E-state index is 0.0122. The van der Waals surface area contributed by atoms with Gasteiger partial charge in [-0.25, -0.2) is 0 Å². The maximum absolute atomic E-state index is 13.5. The average molecular weight is 425 g/mol. The smallest absolute Gasteiger partial charge is 0.233 e. The Bertz CT molecular complexity index is 928. The molecule has 2 aromatic rings. The van der Waals surface area contributed by atoms with Crippen LogP contribution in [0.4, 0.5) is 0 Å². The lowest BCUT2D eigenvalue weighted by Gasteiger charge is -2.46. The first-order chi connectivity index (χ1) is 14.9. The SMILES string of the molecule is Cc1cc(C)n(C(C)CNC(=O)C2CN(C(=O)C3(c4ccccc4)CCOCC3)C2)n1. The van der Waals surface area contributed by atoms with Crippen LogP contribution in [-0.2, 0) is 19.7 Å². The van der Waals surface area contributed by atoms with Crippen LogP contribution in [0.2, 0.25) is 0 Å². The molecule has 166 valence electrons. The van der Waals surface area contributed by atoms with Crippen LogP contribution >= 0.6 is 0 Å². The number of hydrogen-bond acceptors (Lipinski definition) is 4. The zero-order valence-corrected chi connectivity index (χ0v) is 18.6. The van der Waals surface area contributed by atoms with Gasteiger partial charge in [0.2, 0.25) is 11.8 Å². The van der Waals surface area contributed by atoms with Gasteiger partial charge in [0.1, 0.15) is 0 Å². The number of hydrogen-bond donors (Lipinski definition) is 1. The van der Waals surface area contributed by atoms with E-state index in [4.69, 9.17) is 4.74 Å². The largest absolute Gasteiger partial charge is 0.381 e. The summed E-state index contributed by atoms with van der Waals surface area (Å²) in [5.41, 5.74) is 2.58. The first kappa shape index (κ1) is 21.6. The highest BCUT2D eigenvalue weighted by Crippen LogP contribution is 2.38. The van der Waals surface area contributed by atoms with Crippen molar-refractivity contribution in [3.05, 3.63) is 53.3 Å². The predicted octanol–water partition coefficient (Wildman–Crippen LogP) is 2.38. The van der Waals surface area contributed by atoms with E-state index in [0.717, 1.165) is 17.0 Å². The van der Waals surface area contributed by atoms with Gasteiger partial charge in [0.25, 0.3) is 0 Å². The Labute approximate surface area is 183 Å². The number of ether oxygens (including phenoxy) is 1. The summed E-state index contributed by atoms with van der Waals surface area (Å²) in [6.45, 7) is 8.69. The van der Waals surface area contributed by atoms with E-state index in [2.05, 4.69) is 10.4 Å². The summed E-state index contributed by atoms with van der Waals surface area (Å²) in [5, 5.41) is 7.53. The first-order valence-corrected chi connectivity index (χ1v) is 11.1. The number of nitrogens with one attached hydrogen (secondary N) is 1. The normalized spacial score (nSPS) is 19.5. The van der Waals surface area contributed by atoms with Crippen LogP contribution in [0.5, 0.6) is 0 Å². The number of aromatic nitrogens is 2. The van der Waals surface area contributed by atoms with E-state index >= 15 is 0 Å². The molecule has 3 heterocycles. The van der Waals surface area contributed by atoms with Gasteiger partial charge >= 0.3 is 0 Å². The molecular weight excluding hydrogens is 392 g/mol. The Hall–Kier alpha value is -2.67. The summed E-state index contributed by atoms with van der Waals surface area (Å²) >= 11 is 0. The molecule has 0 saturated carbocycles. The van der Waals surface area contributed by atoms with Crippen molar-refractivity contribution in [2.24, 2.45) is 5.92 Å². The number of amides is 2. The summed E-state index contributed by atoms with van der Waals surface area (Å²) < 4.78 is 7.49. The van der Waals surface area contributed by atoms with Gasteiger partial charge in [-0.05, 0) is 45.2 Å². The van der Waals surface area contributed by atoms with Crippen LogP contribution in [0.1, 0.15) is 42.8 Å². The van der Waals surface area contributed by atoms with Crippen LogP contribution in [0, 0.1) is 19.8 Å². The lowest BCUT2D eigenvalue weighted by Crippen LogP contribution is -2.61. The second-order valence-electron chi connectivity index (χ2n) is 8.93. The molecule has 2 fully saturated rings. The van der Waals surface area contributed by atoms with Gasteiger partial charge in [-0.2, -0.15) is 5.10 Å². The fraction of sp³-hybridized carbons (Fsp3) is 0.542. The van der Waals surface area contributed by atoms with Gasteiger partial charge in [0, 0.05) is 38.5 Å². The molecule has 0 aliphatic carbocycles. The lowest BCUT2D eigenvalue weighted by atomic mass is 9.72. The molecule has 1 atom stereocenters. The molecule has 1 N–H and O–H groups in total. The quantitative estimate of drug-likeness (QED) is 0.773. The number of nitrogens with zero attached hydrogens (tertiary/aromatic N) is 3. The van der Waals surface area contributed by atoms with Crippen molar-refractivity contribution in [3.8, 4) is 0 Å². The fourth-order valence-corrected chi connectivity index (χ4v) is 4.79. The molecule has 2 amide bonds. The Kier molecular flexibility index (Phi) is 6.14. The minimum atomic E-state index is -0.537. The zero-order valence-electron chi connectivity index (χ0n) is 18.6. The highest BCUT2D eigenvalue weighted by molar-refractivity contribution is 5.91. The molecule has 0 bridgehead atoms.